The van der Waals surface area contributed by atoms with Gasteiger partial charge in [-0.05, 0) is 6.92 Å². The van der Waals surface area contributed by atoms with Crippen LogP contribution in [0.3, 0.4) is 0 Å². The van der Waals surface area contributed by atoms with E-state index in [1.807, 2.05) is 33.9 Å². The standard InChI is InChI=1S/C9H15N3O/c1-6(2)9(13)10-8-5-7(3)12(4)11-8/h5-6H,1-4H3,(H,10,11,13). The zero-order valence-electron chi connectivity index (χ0n) is 8.46. The predicted molar refractivity (Wildman–Crippen MR) is 51.4 cm³/mol. The maximum atomic E-state index is 11.3. The number of hydrogen-bond acceptors (Lipinski definition) is 2. The van der Waals surface area contributed by atoms with Gasteiger partial charge in [-0.25, -0.2) is 0 Å². The summed E-state index contributed by atoms with van der Waals surface area (Å²) < 4.78 is 1.73. The van der Waals surface area contributed by atoms with E-state index in [2.05, 4.69) is 10.4 Å². The number of carbonyl (C=O) groups excluding carboxylic acids is 1. The van der Waals surface area contributed by atoms with Gasteiger partial charge in [-0.2, -0.15) is 5.10 Å². The smallest absolute Gasteiger partial charge is 0.228 e. The average molecular weight is 181 g/mol. The molecular formula is C9H15N3O. The number of aromatic nitrogens is 2. The Morgan fingerprint density at radius 3 is 2.62 bits per heavy atom. The molecule has 1 N–H and O–H groups in total. The molecule has 0 atom stereocenters. The lowest BCUT2D eigenvalue weighted by Crippen LogP contribution is -2.18. The molecule has 1 aromatic rings. The molecule has 0 aliphatic heterocycles. The van der Waals surface area contributed by atoms with E-state index in [0.29, 0.717) is 5.82 Å². The van der Waals surface area contributed by atoms with Crippen LogP contribution in [0, 0.1) is 12.8 Å². The van der Waals surface area contributed by atoms with E-state index in [1.165, 1.54) is 0 Å². The van der Waals surface area contributed by atoms with Crippen molar-refractivity contribution in [2.75, 3.05) is 5.32 Å². The number of nitrogens with zero attached hydrogens (tertiary/aromatic N) is 2. The van der Waals surface area contributed by atoms with Crippen LogP contribution >= 0.6 is 0 Å². The zero-order valence-corrected chi connectivity index (χ0v) is 8.46. The third-order valence-electron chi connectivity index (χ3n) is 1.89. The summed E-state index contributed by atoms with van der Waals surface area (Å²) in [5, 5.41) is 6.85. The first kappa shape index (κ1) is 9.77. The van der Waals surface area contributed by atoms with Crippen molar-refractivity contribution in [3.63, 3.8) is 0 Å². The first-order chi connectivity index (χ1) is 6.00. The van der Waals surface area contributed by atoms with Gasteiger partial charge in [-0.15, -0.1) is 0 Å². The van der Waals surface area contributed by atoms with Gasteiger partial charge in [-0.1, -0.05) is 13.8 Å². The lowest BCUT2D eigenvalue weighted by atomic mass is 10.2. The maximum absolute atomic E-state index is 11.3. The van der Waals surface area contributed by atoms with Gasteiger partial charge in [-0.3, -0.25) is 9.48 Å². The van der Waals surface area contributed by atoms with Crippen LogP contribution in [0.2, 0.25) is 0 Å². The maximum Gasteiger partial charge on any atom is 0.228 e. The van der Waals surface area contributed by atoms with E-state index in [-0.39, 0.29) is 11.8 Å². The minimum absolute atomic E-state index is 0.00176. The predicted octanol–water partition coefficient (Wildman–Crippen LogP) is 1.32. The Hall–Kier alpha value is -1.32. The molecule has 0 bridgehead atoms. The van der Waals surface area contributed by atoms with Crippen LogP contribution < -0.4 is 5.32 Å². The Labute approximate surface area is 77.9 Å². The van der Waals surface area contributed by atoms with Gasteiger partial charge in [0.05, 0.1) is 0 Å². The normalized spacial score (nSPS) is 10.5. The van der Waals surface area contributed by atoms with Gasteiger partial charge < -0.3 is 5.32 Å². The van der Waals surface area contributed by atoms with Gasteiger partial charge >= 0.3 is 0 Å². The Kier molecular flexibility index (Phi) is 2.70. The van der Waals surface area contributed by atoms with E-state index < -0.39 is 0 Å². The second-order valence-electron chi connectivity index (χ2n) is 3.44. The lowest BCUT2D eigenvalue weighted by molar-refractivity contribution is -0.118. The number of rotatable bonds is 2. The highest BCUT2D eigenvalue weighted by atomic mass is 16.1. The molecular weight excluding hydrogens is 166 g/mol. The van der Waals surface area contributed by atoms with Crippen molar-refractivity contribution in [2.24, 2.45) is 13.0 Å². The van der Waals surface area contributed by atoms with Crippen molar-refractivity contribution in [1.82, 2.24) is 9.78 Å². The third-order valence-corrected chi connectivity index (χ3v) is 1.89. The Morgan fingerprint density at radius 1 is 1.62 bits per heavy atom. The highest BCUT2D eigenvalue weighted by Gasteiger charge is 2.09. The van der Waals surface area contributed by atoms with Gasteiger partial charge in [0.25, 0.3) is 0 Å². The van der Waals surface area contributed by atoms with E-state index >= 15 is 0 Å². The molecule has 4 nitrogen and oxygen atoms in total. The molecule has 1 heterocycles. The zero-order chi connectivity index (χ0) is 10.0. The fourth-order valence-electron chi connectivity index (χ4n) is 0.892. The molecule has 0 aromatic carbocycles. The summed E-state index contributed by atoms with van der Waals surface area (Å²) in [6.45, 7) is 5.65. The van der Waals surface area contributed by atoms with Crippen LogP contribution in [0.1, 0.15) is 19.5 Å². The minimum atomic E-state index is -0.0117. The van der Waals surface area contributed by atoms with E-state index in [1.54, 1.807) is 4.68 Å². The molecule has 0 aliphatic rings. The molecule has 0 fully saturated rings. The van der Waals surface area contributed by atoms with Crippen LogP contribution in [0.15, 0.2) is 6.07 Å². The number of carbonyl (C=O) groups is 1. The Balaban J connectivity index is 2.70. The quantitative estimate of drug-likeness (QED) is 0.748. The second-order valence-corrected chi connectivity index (χ2v) is 3.44. The topological polar surface area (TPSA) is 46.9 Å². The monoisotopic (exact) mass is 181 g/mol. The van der Waals surface area contributed by atoms with Gasteiger partial charge in [0.2, 0.25) is 5.91 Å². The largest absolute Gasteiger partial charge is 0.309 e. The van der Waals surface area contributed by atoms with Crippen LogP contribution in [0.4, 0.5) is 5.82 Å². The number of anilines is 1. The SMILES string of the molecule is Cc1cc(NC(=O)C(C)C)nn1C. The Morgan fingerprint density at radius 2 is 2.23 bits per heavy atom. The van der Waals surface area contributed by atoms with Crippen LogP contribution in [-0.2, 0) is 11.8 Å². The summed E-state index contributed by atoms with van der Waals surface area (Å²) in [4.78, 5) is 11.3. The van der Waals surface area contributed by atoms with Crippen molar-refractivity contribution in [2.45, 2.75) is 20.8 Å². The minimum Gasteiger partial charge on any atom is -0.309 e. The van der Waals surface area contributed by atoms with Crippen molar-refractivity contribution in [3.8, 4) is 0 Å². The number of hydrogen-bond donors (Lipinski definition) is 1. The summed E-state index contributed by atoms with van der Waals surface area (Å²) >= 11 is 0. The number of aryl methyl sites for hydroxylation is 2. The fraction of sp³-hybridized carbons (Fsp3) is 0.556. The van der Waals surface area contributed by atoms with Gasteiger partial charge in [0, 0.05) is 24.7 Å². The van der Waals surface area contributed by atoms with Gasteiger partial charge in [0.1, 0.15) is 0 Å². The second kappa shape index (κ2) is 3.60. The summed E-state index contributed by atoms with van der Waals surface area (Å²) in [5.74, 6) is 0.610. The molecule has 1 rings (SSSR count). The Bertz CT molecular complexity index is 295. The summed E-state index contributed by atoms with van der Waals surface area (Å²) in [6.07, 6.45) is 0. The van der Waals surface area contributed by atoms with Crippen LogP contribution in [-0.4, -0.2) is 15.7 Å². The van der Waals surface area contributed by atoms with Gasteiger partial charge in [0.15, 0.2) is 5.82 Å². The molecule has 13 heavy (non-hydrogen) atoms. The molecule has 0 aliphatic carbocycles. The molecule has 0 unspecified atom stereocenters. The average Bonchev–Trinajstić information content (AvgIpc) is 2.31. The summed E-state index contributed by atoms with van der Waals surface area (Å²) in [5.41, 5.74) is 1.03. The molecule has 1 amide bonds. The first-order valence-electron chi connectivity index (χ1n) is 4.32. The molecule has 0 saturated carbocycles. The van der Waals surface area contributed by atoms with Crippen molar-refractivity contribution in [1.29, 1.82) is 0 Å². The molecule has 0 radical (unpaired) electrons. The van der Waals surface area contributed by atoms with E-state index in [0.717, 1.165) is 5.69 Å². The number of amides is 1. The number of nitrogens with one attached hydrogen (secondary N) is 1. The lowest BCUT2D eigenvalue weighted by Gasteiger charge is -2.03. The highest BCUT2D eigenvalue weighted by molar-refractivity contribution is 5.91. The molecule has 4 heteroatoms. The first-order valence-corrected chi connectivity index (χ1v) is 4.32. The van der Waals surface area contributed by atoms with Crippen LogP contribution in [0.25, 0.3) is 0 Å². The molecule has 0 saturated heterocycles. The van der Waals surface area contributed by atoms with Crippen molar-refractivity contribution >= 4 is 11.7 Å². The highest BCUT2D eigenvalue weighted by Crippen LogP contribution is 2.08. The van der Waals surface area contributed by atoms with Crippen LogP contribution in [0.5, 0.6) is 0 Å². The molecule has 72 valence electrons. The molecule has 1 aromatic heterocycles. The van der Waals surface area contributed by atoms with E-state index in [9.17, 15) is 4.79 Å². The van der Waals surface area contributed by atoms with E-state index in [4.69, 9.17) is 0 Å². The fourth-order valence-corrected chi connectivity index (χ4v) is 0.892. The summed E-state index contributed by atoms with van der Waals surface area (Å²) in [6, 6.07) is 1.85. The molecule has 0 spiro atoms. The van der Waals surface area contributed by atoms with Crippen molar-refractivity contribution in [3.05, 3.63) is 11.8 Å². The van der Waals surface area contributed by atoms with Crippen molar-refractivity contribution < 1.29 is 4.79 Å². The summed E-state index contributed by atoms with van der Waals surface area (Å²) in [7, 11) is 1.85. The third kappa shape index (κ3) is 2.31.